The van der Waals surface area contributed by atoms with Gasteiger partial charge in [0.25, 0.3) is 0 Å². The van der Waals surface area contributed by atoms with Gasteiger partial charge in [-0.15, -0.1) is 0 Å². The Kier molecular flexibility index (Phi) is 1.53. The second kappa shape index (κ2) is 2.59. The van der Waals surface area contributed by atoms with E-state index in [2.05, 4.69) is 0 Å². The summed E-state index contributed by atoms with van der Waals surface area (Å²) in [5, 5.41) is 9.51. The molecule has 0 fully saturated rings. The lowest BCUT2D eigenvalue weighted by Gasteiger charge is -2.17. The van der Waals surface area contributed by atoms with E-state index in [9.17, 15) is 9.67 Å². The van der Waals surface area contributed by atoms with Gasteiger partial charge >= 0.3 is 7.82 Å². The van der Waals surface area contributed by atoms with Gasteiger partial charge in [0.15, 0.2) is 11.5 Å². The molecule has 80 valence electrons. The zero-order chi connectivity index (χ0) is 10.6. The van der Waals surface area contributed by atoms with Gasteiger partial charge in [-0.25, -0.2) is 0 Å². The smallest absolute Gasteiger partial charge is 0.504 e. The van der Waals surface area contributed by atoms with Crippen molar-refractivity contribution in [3.63, 3.8) is 0 Å². The van der Waals surface area contributed by atoms with Crippen LogP contribution in [0.3, 0.4) is 0 Å². The van der Waals surface area contributed by atoms with E-state index in [-0.39, 0.29) is 11.5 Å². The molecule has 2 aliphatic rings. The summed E-state index contributed by atoms with van der Waals surface area (Å²) in [6, 6.07) is 1.37. The standard InChI is InChI=1S/C8H8NO5P/c9-2-1-4-6-3-5(10)8-7(4)13-15(11,12-6)14-8/h3,10H,1-2,9H2. The topological polar surface area (TPSA) is 91.0 Å². The maximum absolute atomic E-state index is 11.7. The summed E-state index contributed by atoms with van der Waals surface area (Å²) >= 11 is 0. The van der Waals surface area contributed by atoms with Crippen LogP contribution in [-0.4, -0.2) is 11.7 Å². The molecule has 3 bridgehead atoms. The number of phosphoric acid groups is 1. The van der Waals surface area contributed by atoms with Crippen LogP contribution in [-0.2, 0) is 11.0 Å². The Labute approximate surface area is 85.2 Å². The Balaban J connectivity index is 2.26. The van der Waals surface area contributed by atoms with Gasteiger partial charge in [-0.2, -0.15) is 4.57 Å². The molecule has 0 aliphatic carbocycles. The number of fused-ring (bicyclic) bond motifs is 2. The zero-order valence-corrected chi connectivity index (χ0v) is 8.49. The van der Waals surface area contributed by atoms with Crippen LogP contribution in [0.15, 0.2) is 6.07 Å². The SMILES string of the molecule is NCCc1c2cc(O)c3c1OP(=O)(O2)O3. The molecule has 1 atom stereocenters. The number of hydrogen-bond donors (Lipinski definition) is 2. The average Bonchev–Trinajstić information content (AvgIpc) is 2.39. The van der Waals surface area contributed by atoms with Crippen molar-refractivity contribution in [3.8, 4) is 23.0 Å². The molecule has 2 aliphatic heterocycles. The van der Waals surface area contributed by atoms with E-state index in [0.717, 1.165) is 0 Å². The third-order valence-electron chi connectivity index (χ3n) is 2.29. The minimum absolute atomic E-state index is 0.0861. The van der Waals surface area contributed by atoms with E-state index in [4.69, 9.17) is 19.3 Å². The normalized spacial score (nSPS) is 24.6. The van der Waals surface area contributed by atoms with Crippen LogP contribution in [0.5, 0.6) is 23.0 Å². The summed E-state index contributed by atoms with van der Waals surface area (Å²) in [7, 11) is -3.55. The minimum atomic E-state index is -3.55. The molecule has 3 N–H and O–H groups in total. The van der Waals surface area contributed by atoms with E-state index in [1.807, 2.05) is 0 Å². The van der Waals surface area contributed by atoms with Gasteiger partial charge in [0.2, 0.25) is 5.75 Å². The highest BCUT2D eigenvalue weighted by molar-refractivity contribution is 7.50. The van der Waals surface area contributed by atoms with Crippen LogP contribution >= 0.6 is 7.82 Å². The highest BCUT2D eigenvalue weighted by Gasteiger charge is 2.49. The van der Waals surface area contributed by atoms with Gasteiger partial charge < -0.3 is 24.4 Å². The first-order chi connectivity index (χ1) is 7.13. The summed E-state index contributed by atoms with van der Waals surface area (Å²) in [6.07, 6.45) is 0.515. The van der Waals surface area contributed by atoms with Gasteiger partial charge in [0.05, 0.1) is 0 Å². The first-order valence-electron chi connectivity index (χ1n) is 4.41. The highest BCUT2D eigenvalue weighted by Crippen LogP contribution is 2.68. The van der Waals surface area contributed by atoms with Crippen molar-refractivity contribution in [1.82, 2.24) is 0 Å². The number of phenols is 1. The van der Waals surface area contributed by atoms with Crippen molar-refractivity contribution in [1.29, 1.82) is 0 Å². The van der Waals surface area contributed by atoms with Crippen LogP contribution < -0.4 is 19.3 Å². The Morgan fingerprint density at radius 2 is 2.07 bits per heavy atom. The maximum atomic E-state index is 11.7. The van der Waals surface area contributed by atoms with Crippen molar-refractivity contribution in [2.45, 2.75) is 6.42 Å². The molecule has 0 radical (unpaired) electrons. The fourth-order valence-corrected chi connectivity index (χ4v) is 3.02. The van der Waals surface area contributed by atoms with Crippen LogP contribution in [0, 0.1) is 0 Å². The van der Waals surface area contributed by atoms with Crippen molar-refractivity contribution < 1.29 is 23.2 Å². The van der Waals surface area contributed by atoms with Crippen molar-refractivity contribution in [2.75, 3.05) is 6.54 Å². The van der Waals surface area contributed by atoms with Gasteiger partial charge in [0.1, 0.15) is 5.75 Å². The summed E-state index contributed by atoms with van der Waals surface area (Å²) < 4.78 is 26.7. The van der Waals surface area contributed by atoms with Crippen LogP contribution in [0.25, 0.3) is 0 Å². The van der Waals surface area contributed by atoms with E-state index in [1.165, 1.54) is 6.07 Å². The van der Waals surface area contributed by atoms with E-state index < -0.39 is 7.82 Å². The number of phenolic OH excluding ortho intramolecular Hbond substituents is 1. The van der Waals surface area contributed by atoms with Crippen LogP contribution in [0.1, 0.15) is 5.56 Å². The first-order valence-corrected chi connectivity index (χ1v) is 5.87. The number of aromatic hydroxyl groups is 1. The molecule has 7 heteroatoms. The quantitative estimate of drug-likeness (QED) is 0.739. The minimum Gasteiger partial charge on any atom is -0.504 e. The fraction of sp³-hybridized carbons (Fsp3) is 0.250. The van der Waals surface area contributed by atoms with E-state index in [1.54, 1.807) is 0 Å². The molecule has 0 saturated carbocycles. The van der Waals surface area contributed by atoms with Crippen LogP contribution in [0.4, 0.5) is 0 Å². The lowest BCUT2D eigenvalue weighted by atomic mass is 10.1. The average molecular weight is 229 g/mol. The van der Waals surface area contributed by atoms with Crippen molar-refractivity contribution >= 4 is 7.82 Å². The molecular weight excluding hydrogens is 221 g/mol. The molecular formula is C8H8NO5P. The molecule has 0 spiro atoms. The predicted molar refractivity (Wildman–Crippen MR) is 50.4 cm³/mol. The molecule has 1 unspecified atom stereocenters. The van der Waals surface area contributed by atoms with Gasteiger partial charge in [0, 0.05) is 11.6 Å². The highest BCUT2D eigenvalue weighted by atomic mass is 31.2. The van der Waals surface area contributed by atoms with Crippen molar-refractivity contribution in [3.05, 3.63) is 11.6 Å². The van der Waals surface area contributed by atoms with E-state index in [0.29, 0.717) is 30.0 Å². The van der Waals surface area contributed by atoms with Gasteiger partial charge in [-0.05, 0) is 13.0 Å². The monoisotopic (exact) mass is 229 g/mol. The third-order valence-corrected chi connectivity index (χ3v) is 3.52. The molecule has 3 rings (SSSR count). The number of hydrogen-bond acceptors (Lipinski definition) is 6. The molecule has 0 aromatic heterocycles. The van der Waals surface area contributed by atoms with E-state index >= 15 is 0 Å². The number of phosphoric ester groups is 1. The molecule has 15 heavy (non-hydrogen) atoms. The Hall–Kier alpha value is -1.39. The van der Waals surface area contributed by atoms with Gasteiger partial charge in [-0.1, -0.05) is 0 Å². The second-order valence-corrected chi connectivity index (χ2v) is 4.73. The number of nitrogens with two attached hydrogens (primary N) is 1. The largest absolute Gasteiger partial charge is 0.647 e. The summed E-state index contributed by atoms with van der Waals surface area (Å²) in [5.74, 6) is 0.577. The maximum Gasteiger partial charge on any atom is 0.647 e. The number of rotatable bonds is 2. The zero-order valence-electron chi connectivity index (χ0n) is 7.60. The fourth-order valence-electron chi connectivity index (χ4n) is 1.69. The van der Waals surface area contributed by atoms with Gasteiger partial charge in [-0.3, -0.25) is 0 Å². The van der Waals surface area contributed by atoms with Crippen molar-refractivity contribution in [2.24, 2.45) is 5.73 Å². The third kappa shape index (κ3) is 1.06. The molecule has 0 amide bonds. The first kappa shape index (κ1) is 8.88. The Morgan fingerprint density at radius 3 is 2.80 bits per heavy atom. The Bertz CT molecular complexity index is 494. The van der Waals surface area contributed by atoms with Crippen LogP contribution in [0.2, 0.25) is 0 Å². The molecule has 0 saturated heterocycles. The summed E-state index contributed by atoms with van der Waals surface area (Å²) in [6.45, 7) is 0.404. The summed E-state index contributed by atoms with van der Waals surface area (Å²) in [4.78, 5) is 0. The molecule has 1 aromatic carbocycles. The molecule has 2 heterocycles. The summed E-state index contributed by atoms with van der Waals surface area (Å²) in [5.41, 5.74) is 6.12. The second-order valence-electron chi connectivity index (χ2n) is 3.29. The number of benzene rings is 1. The molecule has 6 nitrogen and oxygen atoms in total. The lowest BCUT2D eigenvalue weighted by Crippen LogP contribution is -2.10. The lowest BCUT2D eigenvalue weighted by molar-refractivity contribution is 0.322. The molecule has 1 aromatic rings. The predicted octanol–water partition coefficient (Wildman–Crippen LogP) is 1.17. The Morgan fingerprint density at radius 1 is 1.33 bits per heavy atom.